The van der Waals surface area contributed by atoms with E-state index in [4.69, 9.17) is 5.73 Å². The van der Waals surface area contributed by atoms with Crippen LogP contribution in [0, 0.1) is 17.1 Å². The monoisotopic (exact) mass is 396 g/mol. The molecule has 0 spiro atoms. The van der Waals surface area contributed by atoms with Crippen molar-refractivity contribution in [1.29, 1.82) is 5.26 Å². The maximum absolute atomic E-state index is 14.5. The molecule has 0 amide bonds. The van der Waals surface area contributed by atoms with Crippen molar-refractivity contribution in [3.05, 3.63) is 59.4 Å². The largest absolute Gasteiger partial charge is 0.508 e. The third-order valence-corrected chi connectivity index (χ3v) is 5.84. The number of phenols is 1. The first kappa shape index (κ1) is 21.1. The molecule has 1 saturated heterocycles. The zero-order valence-corrected chi connectivity index (χ0v) is 16.9. The number of nitrogens with two attached hydrogens (primary N) is 1. The Morgan fingerprint density at radius 2 is 1.93 bits per heavy atom. The van der Waals surface area contributed by atoms with Gasteiger partial charge in [-0.3, -0.25) is 0 Å². The van der Waals surface area contributed by atoms with Gasteiger partial charge in [-0.05, 0) is 75.2 Å². The first-order valence-electron chi connectivity index (χ1n) is 10.2. The molecular weight excluding hydrogens is 367 g/mol. The van der Waals surface area contributed by atoms with E-state index < -0.39 is 0 Å². The quantitative estimate of drug-likeness (QED) is 0.748. The van der Waals surface area contributed by atoms with Crippen molar-refractivity contribution in [2.24, 2.45) is 5.73 Å². The van der Waals surface area contributed by atoms with Gasteiger partial charge < -0.3 is 20.6 Å². The second kappa shape index (κ2) is 9.73. The summed E-state index contributed by atoms with van der Waals surface area (Å²) >= 11 is 0. The Bertz CT molecular complexity index is 841. The Labute approximate surface area is 172 Å². The number of benzene rings is 2. The van der Waals surface area contributed by atoms with Crippen molar-refractivity contribution in [2.45, 2.75) is 44.8 Å². The van der Waals surface area contributed by atoms with E-state index in [-0.39, 0.29) is 17.6 Å². The Hall–Kier alpha value is -2.62. The molecule has 1 aliphatic heterocycles. The first-order valence-corrected chi connectivity index (χ1v) is 10.2. The molecule has 0 aromatic heterocycles. The van der Waals surface area contributed by atoms with Crippen LogP contribution in [-0.4, -0.2) is 41.7 Å². The molecule has 2 aromatic rings. The second-order valence-corrected chi connectivity index (χ2v) is 7.76. The summed E-state index contributed by atoms with van der Waals surface area (Å²) in [6.07, 6.45) is 2.92. The van der Waals surface area contributed by atoms with Crippen molar-refractivity contribution in [3.63, 3.8) is 0 Å². The number of anilines is 1. The fourth-order valence-corrected chi connectivity index (χ4v) is 4.09. The summed E-state index contributed by atoms with van der Waals surface area (Å²) in [5.41, 5.74) is 7.62. The van der Waals surface area contributed by atoms with Crippen molar-refractivity contribution in [2.75, 3.05) is 24.5 Å². The number of aromatic hydroxyl groups is 1. The minimum absolute atomic E-state index is 0.205. The molecule has 1 aliphatic rings. The fourth-order valence-electron chi connectivity index (χ4n) is 4.09. The molecule has 0 saturated carbocycles. The summed E-state index contributed by atoms with van der Waals surface area (Å²) in [6.45, 7) is 5.24. The molecule has 1 heterocycles. The Morgan fingerprint density at radius 1 is 1.24 bits per heavy atom. The molecular formula is C23H29FN4O. The second-order valence-electron chi connectivity index (χ2n) is 7.76. The molecule has 0 unspecified atom stereocenters. The third-order valence-electron chi connectivity index (χ3n) is 5.84. The summed E-state index contributed by atoms with van der Waals surface area (Å²) in [7, 11) is 0. The number of hydrogen-bond donors (Lipinski definition) is 2. The van der Waals surface area contributed by atoms with Crippen LogP contribution >= 0.6 is 0 Å². The number of halogens is 1. The fraction of sp³-hybridized carbons (Fsp3) is 0.435. The number of rotatable bonds is 7. The smallest absolute Gasteiger partial charge is 0.128 e. The van der Waals surface area contributed by atoms with Crippen LogP contribution in [0.15, 0.2) is 42.5 Å². The summed E-state index contributed by atoms with van der Waals surface area (Å²) in [5.74, 6) is -0.0985. The number of hydrogen-bond acceptors (Lipinski definition) is 5. The highest BCUT2D eigenvalue weighted by Crippen LogP contribution is 2.29. The van der Waals surface area contributed by atoms with Crippen LogP contribution in [0.5, 0.6) is 5.75 Å². The SMILES string of the molecule is C[C@H](CCN)N1CCC(N(Cc2cc(C#N)ccc2F)c2ccc(O)cc2)CC1. The average Bonchev–Trinajstić information content (AvgIpc) is 2.74. The molecule has 0 bridgehead atoms. The Morgan fingerprint density at radius 3 is 2.55 bits per heavy atom. The topological polar surface area (TPSA) is 76.5 Å². The minimum Gasteiger partial charge on any atom is -0.508 e. The van der Waals surface area contributed by atoms with E-state index >= 15 is 0 Å². The molecule has 1 fully saturated rings. The summed E-state index contributed by atoms with van der Waals surface area (Å²) < 4.78 is 14.5. The molecule has 0 radical (unpaired) electrons. The van der Waals surface area contributed by atoms with Gasteiger partial charge in [-0.1, -0.05) is 0 Å². The average molecular weight is 397 g/mol. The third kappa shape index (κ3) is 5.26. The van der Waals surface area contributed by atoms with E-state index in [1.807, 2.05) is 12.1 Å². The summed E-state index contributed by atoms with van der Waals surface area (Å²) in [5, 5.41) is 18.8. The molecule has 154 valence electrons. The van der Waals surface area contributed by atoms with Crippen LogP contribution in [0.4, 0.5) is 10.1 Å². The van der Waals surface area contributed by atoms with Crippen molar-refractivity contribution < 1.29 is 9.50 Å². The van der Waals surface area contributed by atoms with Gasteiger partial charge in [0.2, 0.25) is 0 Å². The molecule has 2 aromatic carbocycles. The maximum atomic E-state index is 14.5. The van der Waals surface area contributed by atoms with Gasteiger partial charge in [0, 0.05) is 43.0 Å². The lowest BCUT2D eigenvalue weighted by atomic mass is 9.99. The Kier molecular flexibility index (Phi) is 7.08. The van der Waals surface area contributed by atoms with Crippen molar-refractivity contribution in [1.82, 2.24) is 4.90 Å². The minimum atomic E-state index is -0.304. The number of piperidine rings is 1. The highest BCUT2D eigenvalue weighted by molar-refractivity contribution is 5.51. The van der Waals surface area contributed by atoms with E-state index in [0.29, 0.717) is 30.3 Å². The van der Waals surface area contributed by atoms with Gasteiger partial charge in [-0.2, -0.15) is 5.26 Å². The zero-order valence-electron chi connectivity index (χ0n) is 16.9. The summed E-state index contributed by atoms with van der Waals surface area (Å²) in [6, 6.07) is 14.3. The van der Waals surface area contributed by atoms with Crippen LogP contribution < -0.4 is 10.6 Å². The van der Waals surface area contributed by atoms with Crippen LogP contribution in [-0.2, 0) is 6.54 Å². The lowest BCUT2D eigenvalue weighted by Crippen LogP contribution is -2.47. The van der Waals surface area contributed by atoms with Crippen molar-refractivity contribution >= 4 is 5.69 Å². The number of likely N-dealkylation sites (tertiary alicyclic amines) is 1. The maximum Gasteiger partial charge on any atom is 0.128 e. The van der Waals surface area contributed by atoms with E-state index in [2.05, 4.69) is 22.8 Å². The van der Waals surface area contributed by atoms with Gasteiger partial charge in [0.25, 0.3) is 0 Å². The molecule has 3 rings (SSSR count). The highest BCUT2D eigenvalue weighted by atomic mass is 19.1. The molecule has 3 N–H and O–H groups in total. The van der Waals surface area contributed by atoms with Crippen LogP contribution in [0.1, 0.15) is 37.3 Å². The molecule has 6 heteroatoms. The molecule has 1 atom stereocenters. The van der Waals surface area contributed by atoms with Gasteiger partial charge in [0.1, 0.15) is 11.6 Å². The molecule has 0 aliphatic carbocycles. The molecule has 29 heavy (non-hydrogen) atoms. The summed E-state index contributed by atoms with van der Waals surface area (Å²) in [4.78, 5) is 4.67. The van der Waals surface area contributed by atoms with Crippen LogP contribution in [0.2, 0.25) is 0 Å². The predicted octanol–water partition coefficient (Wildman–Crippen LogP) is 3.61. The van der Waals surface area contributed by atoms with Gasteiger partial charge in [0.15, 0.2) is 0 Å². The highest BCUT2D eigenvalue weighted by Gasteiger charge is 2.27. The van der Waals surface area contributed by atoms with Gasteiger partial charge >= 0.3 is 0 Å². The normalized spacial score (nSPS) is 16.3. The Balaban J connectivity index is 1.82. The number of phenolic OH excluding ortho intramolecular Hbond substituents is 1. The van der Waals surface area contributed by atoms with Gasteiger partial charge in [-0.25, -0.2) is 4.39 Å². The van der Waals surface area contributed by atoms with E-state index in [1.54, 1.807) is 18.2 Å². The lowest BCUT2D eigenvalue weighted by Gasteiger charge is -2.42. The van der Waals surface area contributed by atoms with E-state index in [9.17, 15) is 14.8 Å². The number of nitrogens with zero attached hydrogens (tertiary/aromatic N) is 3. The van der Waals surface area contributed by atoms with Crippen LogP contribution in [0.3, 0.4) is 0 Å². The number of nitriles is 1. The van der Waals surface area contributed by atoms with E-state index in [0.717, 1.165) is 38.0 Å². The van der Waals surface area contributed by atoms with Gasteiger partial charge in [0.05, 0.1) is 11.6 Å². The van der Waals surface area contributed by atoms with Crippen molar-refractivity contribution in [3.8, 4) is 11.8 Å². The standard InChI is InChI=1S/C23H29FN4O/c1-17(8-11-25)27-12-9-21(10-13-27)28(20-3-5-22(29)6-4-20)16-19-14-18(15-26)2-7-23(19)24/h2-7,14,17,21,29H,8-13,16,25H2,1H3/t17-/m1/s1. The van der Waals surface area contributed by atoms with Crippen LogP contribution in [0.25, 0.3) is 0 Å². The molecule has 5 nitrogen and oxygen atoms in total. The van der Waals surface area contributed by atoms with E-state index in [1.165, 1.54) is 12.1 Å². The van der Waals surface area contributed by atoms with Gasteiger partial charge in [-0.15, -0.1) is 0 Å². The lowest BCUT2D eigenvalue weighted by molar-refractivity contribution is 0.154. The predicted molar refractivity (Wildman–Crippen MR) is 113 cm³/mol. The zero-order chi connectivity index (χ0) is 20.8. The first-order chi connectivity index (χ1) is 14.0.